The molecule has 0 bridgehead atoms. The van der Waals surface area contributed by atoms with Crippen molar-refractivity contribution in [2.45, 2.75) is 20.0 Å². The first-order chi connectivity index (χ1) is 3.63. The molecule has 1 rings (SSSR count). The number of rotatable bonds is 0. The molecule has 0 aliphatic carbocycles. The Bertz CT molecular complexity index is 95.1. The zero-order valence-corrected chi connectivity index (χ0v) is 6.59. The summed E-state index contributed by atoms with van der Waals surface area (Å²) in [7, 11) is 0. The van der Waals surface area contributed by atoms with Crippen LogP contribution in [0.25, 0.3) is 0 Å². The van der Waals surface area contributed by atoms with Gasteiger partial charge in [-0.25, -0.2) is 4.39 Å². The van der Waals surface area contributed by atoms with Crippen LogP contribution < -0.4 is 5.32 Å². The third kappa shape index (κ3) is 1.80. The Labute approximate surface area is 61.4 Å². The van der Waals surface area contributed by atoms with Crippen molar-refractivity contribution >= 4 is 12.4 Å². The summed E-state index contributed by atoms with van der Waals surface area (Å²) in [6.45, 7) is 5.23. The fraction of sp³-hybridized carbons (Fsp3) is 1.00. The molecule has 1 nitrogen and oxygen atoms in total. The second-order valence-corrected chi connectivity index (χ2v) is 3.09. The second-order valence-electron chi connectivity index (χ2n) is 3.09. The molecule has 0 aromatic carbocycles. The summed E-state index contributed by atoms with van der Waals surface area (Å²) >= 11 is 0. The van der Waals surface area contributed by atoms with Gasteiger partial charge in [-0.1, -0.05) is 13.8 Å². The van der Waals surface area contributed by atoms with E-state index in [4.69, 9.17) is 0 Å². The average Bonchev–Trinajstić information content (AvgIpc) is 1.86. The smallest absolute Gasteiger partial charge is 0.119 e. The molecular weight excluding hydrogens is 141 g/mol. The van der Waals surface area contributed by atoms with Crippen LogP contribution in [0.4, 0.5) is 4.39 Å². The normalized spacial score (nSPS) is 31.7. The Morgan fingerprint density at radius 1 is 1.56 bits per heavy atom. The number of nitrogens with one attached hydrogen (secondary N) is 1. The van der Waals surface area contributed by atoms with Crippen LogP contribution in [0.3, 0.4) is 0 Å². The van der Waals surface area contributed by atoms with Crippen molar-refractivity contribution in [1.82, 2.24) is 5.32 Å². The molecule has 3 heteroatoms. The van der Waals surface area contributed by atoms with Gasteiger partial charge in [0.25, 0.3) is 0 Å². The molecule has 1 saturated heterocycles. The molecule has 1 aliphatic heterocycles. The molecule has 1 unspecified atom stereocenters. The van der Waals surface area contributed by atoms with E-state index in [-0.39, 0.29) is 17.8 Å². The van der Waals surface area contributed by atoms with Gasteiger partial charge >= 0.3 is 0 Å². The lowest BCUT2D eigenvalue weighted by Crippen LogP contribution is -2.22. The van der Waals surface area contributed by atoms with Crippen molar-refractivity contribution < 1.29 is 4.39 Å². The van der Waals surface area contributed by atoms with Gasteiger partial charge in [-0.3, -0.25) is 0 Å². The summed E-state index contributed by atoms with van der Waals surface area (Å²) in [5.74, 6) is 0. The van der Waals surface area contributed by atoms with Gasteiger partial charge in [-0.2, -0.15) is 0 Å². The van der Waals surface area contributed by atoms with E-state index in [1.165, 1.54) is 0 Å². The van der Waals surface area contributed by atoms with Gasteiger partial charge in [-0.15, -0.1) is 12.4 Å². The molecule has 1 atom stereocenters. The maximum Gasteiger partial charge on any atom is 0.119 e. The molecule has 0 radical (unpaired) electrons. The van der Waals surface area contributed by atoms with Gasteiger partial charge in [0.2, 0.25) is 0 Å². The summed E-state index contributed by atoms with van der Waals surface area (Å²) < 4.78 is 12.6. The zero-order chi connectivity index (χ0) is 6.20. The topological polar surface area (TPSA) is 12.0 Å². The van der Waals surface area contributed by atoms with E-state index >= 15 is 0 Å². The van der Waals surface area contributed by atoms with Crippen molar-refractivity contribution in [3.63, 3.8) is 0 Å². The highest BCUT2D eigenvalue weighted by Crippen LogP contribution is 2.25. The molecule has 1 heterocycles. The van der Waals surface area contributed by atoms with Gasteiger partial charge in [0.05, 0.1) is 0 Å². The first kappa shape index (κ1) is 9.18. The van der Waals surface area contributed by atoms with Crippen molar-refractivity contribution in [3.05, 3.63) is 0 Å². The average molecular weight is 154 g/mol. The van der Waals surface area contributed by atoms with Crippen LogP contribution in [-0.4, -0.2) is 19.3 Å². The lowest BCUT2D eigenvalue weighted by atomic mass is 9.91. The summed E-state index contributed by atoms with van der Waals surface area (Å²) in [5.41, 5.74) is -0.125. The summed E-state index contributed by atoms with van der Waals surface area (Å²) in [6, 6.07) is 0. The van der Waals surface area contributed by atoms with E-state index < -0.39 is 6.17 Å². The van der Waals surface area contributed by atoms with E-state index in [9.17, 15) is 4.39 Å². The van der Waals surface area contributed by atoms with Gasteiger partial charge < -0.3 is 5.32 Å². The number of hydrogen-bond acceptors (Lipinski definition) is 1. The van der Waals surface area contributed by atoms with E-state index in [0.29, 0.717) is 6.54 Å². The van der Waals surface area contributed by atoms with E-state index in [1.54, 1.807) is 0 Å². The van der Waals surface area contributed by atoms with Crippen LogP contribution in [0, 0.1) is 5.41 Å². The maximum atomic E-state index is 12.6. The minimum Gasteiger partial charge on any atom is -0.313 e. The fourth-order valence-corrected chi connectivity index (χ4v) is 0.908. The number of alkyl halides is 1. The number of halogens is 2. The van der Waals surface area contributed by atoms with Crippen molar-refractivity contribution in [2.24, 2.45) is 5.41 Å². The monoisotopic (exact) mass is 153 g/mol. The second kappa shape index (κ2) is 2.84. The molecule has 0 amide bonds. The molecule has 0 aromatic heterocycles. The Kier molecular flexibility index (Phi) is 2.90. The molecule has 0 aromatic rings. The maximum absolute atomic E-state index is 12.6. The Hall–Kier alpha value is 0.180. The van der Waals surface area contributed by atoms with Crippen LogP contribution in [-0.2, 0) is 0 Å². The highest BCUT2D eigenvalue weighted by Gasteiger charge is 2.33. The molecular formula is C6H13ClFN. The minimum absolute atomic E-state index is 0. The largest absolute Gasteiger partial charge is 0.313 e. The highest BCUT2D eigenvalue weighted by molar-refractivity contribution is 5.85. The molecule has 1 N–H and O–H groups in total. The van der Waals surface area contributed by atoms with Crippen molar-refractivity contribution in [3.8, 4) is 0 Å². The van der Waals surface area contributed by atoms with Crippen LogP contribution in [0.1, 0.15) is 13.8 Å². The number of hydrogen-bond donors (Lipinski definition) is 1. The van der Waals surface area contributed by atoms with Crippen molar-refractivity contribution in [2.75, 3.05) is 13.1 Å². The third-order valence-electron chi connectivity index (χ3n) is 1.75. The molecule has 1 fully saturated rings. The lowest BCUT2D eigenvalue weighted by Gasteiger charge is -2.17. The summed E-state index contributed by atoms with van der Waals surface area (Å²) in [4.78, 5) is 0. The Morgan fingerprint density at radius 3 is 2.22 bits per heavy atom. The van der Waals surface area contributed by atoms with Crippen LogP contribution in [0.2, 0.25) is 0 Å². The standard InChI is InChI=1S/C6H12FN.ClH/c1-6(2)4-8-3-5(6)7;/h5,8H,3-4H2,1-2H3;1H. The lowest BCUT2D eigenvalue weighted by molar-refractivity contribution is 0.203. The Balaban J connectivity index is 0.000000640. The highest BCUT2D eigenvalue weighted by atomic mass is 35.5. The minimum atomic E-state index is -0.650. The molecule has 0 saturated carbocycles. The fourth-order valence-electron chi connectivity index (χ4n) is 0.908. The third-order valence-corrected chi connectivity index (χ3v) is 1.75. The molecule has 9 heavy (non-hydrogen) atoms. The van der Waals surface area contributed by atoms with Crippen LogP contribution >= 0.6 is 12.4 Å². The van der Waals surface area contributed by atoms with Gasteiger partial charge in [0.1, 0.15) is 6.17 Å². The van der Waals surface area contributed by atoms with Crippen LogP contribution in [0.5, 0.6) is 0 Å². The first-order valence-electron chi connectivity index (χ1n) is 2.98. The van der Waals surface area contributed by atoms with Crippen LogP contribution in [0.15, 0.2) is 0 Å². The molecule has 1 aliphatic rings. The van der Waals surface area contributed by atoms with Gasteiger partial charge in [-0.05, 0) is 0 Å². The van der Waals surface area contributed by atoms with Crippen molar-refractivity contribution in [1.29, 1.82) is 0 Å². The quantitative estimate of drug-likeness (QED) is 0.555. The molecule has 0 spiro atoms. The predicted octanol–water partition coefficient (Wildman–Crippen LogP) is 1.38. The van der Waals surface area contributed by atoms with Gasteiger partial charge in [0.15, 0.2) is 0 Å². The molecule has 56 valence electrons. The van der Waals surface area contributed by atoms with Gasteiger partial charge in [0, 0.05) is 18.5 Å². The van der Waals surface area contributed by atoms with E-state index in [2.05, 4.69) is 5.32 Å². The Morgan fingerprint density at radius 2 is 2.11 bits per heavy atom. The predicted molar refractivity (Wildman–Crippen MR) is 38.8 cm³/mol. The first-order valence-corrected chi connectivity index (χ1v) is 2.98. The van der Waals surface area contributed by atoms with E-state index in [1.807, 2.05) is 13.8 Å². The van der Waals surface area contributed by atoms with E-state index in [0.717, 1.165) is 6.54 Å². The summed E-state index contributed by atoms with van der Waals surface area (Å²) in [5, 5.41) is 2.99. The summed E-state index contributed by atoms with van der Waals surface area (Å²) in [6.07, 6.45) is -0.650. The zero-order valence-electron chi connectivity index (χ0n) is 5.78. The SMILES string of the molecule is CC1(C)CNCC1F.Cl.